The van der Waals surface area contributed by atoms with E-state index >= 15 is 0 Å². The van der Waals surface area contributed by atoms with Crippen LogP contribution in [0, 0.1) is 5.92 Å². The summed E-state index contributed by atoms with van der Waals surface area (Å²) in [5.74, 6) is -0.809. The number of fused-ring (bicyclic) bond motifs is 1. The quantitative estimate of drug-likeness (QED) is 0.414. The summed E-state index contributed by atoms with van der Waals surface area (Å²) in [5.41, 5.74) is 1.07. The van der Waals surface area contributed by atoms with Crippen LogP contribution in [0.3, 0.4) is 0 Å². The lowest BCUT2D eigenvalue weighted by atomic mass is 9.84. The standard InChI is InChI=1S/C18H18O8/c19-11-7-14(21)12-5-10(3-4-25-18(23)24)17(26-16(12)8-11)9-1-2-13(20)15(22)6-9/h1-2,6-8,10,17,19-22H,3-5H2,(H,23,24)/t10-,17-/m0/s1. The fraction of sp³-hybridized carbons (Fsp3) is 0.278. The predicted octanol–water partition coefficient (Wildman–Crippen LogP) is 2.89. The van der Waals surface area contributed by atoms with Gasteiger partial charge in [-0.3, -0.25) is 0 Å². The van der Waals surface area contributed by atoms with Crippen LogP contribution in [0.4, 0.5) is 4.79 Å². The SMILES string of the molecule is O=C(O)OCC[C@H]1Cc2c(O)cc(O)cc2O[C@H]1c1ccc(O)c(O)c1. The number of phenols is 4. The molecule has 0 amide bonds. The summed E-state index contributed by atoms with van der Waals surface area (Å²) in [5, 5.41) is 47.6. The highest BCUT2D eigenvalue weighted by molar-refractivity contribution is 5.56. The van der Waals surface area contributed by atoms with Crippen molar-refractivity contribution in [2.45, 2.75) is 18.9 Å². The van der Waals surface area contributed by atoms with Gasteiger partial charge >= 0.3 is 6.16 Å². The first-order valence-electron chi connectivity index (χ1n) is 7.94. The van der Waals surface area contributed by atoms with Gasteiger partial charge in [0.25, 0.3) is 0 Å². The normalized spacial score (nSPS) is 18.6. The van der Waals surface area contributed by atoms with E-state index in [0.29, 0.717) is 29.7 Å². The van der Waals surface area contributed by atoms with E-state index < -0.39 is 12.3 Å². The lowest BCUT2D eigenvalue weighted by Crippen LogP contribution is -2.27. The largest absolute Gasteiger partial charge is 0.508 e. The van der Waals surface area contributed by atoms with Gasteiger partial charge in [0.1, 0.15) is 23.4 Å². The minimum atomic E-state index is -1.38. The second-order valence-electron chi connectivity index (χ2n) is 6.10. The molecule has 5 N–H and O–H groups in total. The highest BCUT2D eigenvalue weighted by Crippen LogP contribution is 2.46. The molecule has 0 bridgehead atoms. The first kappa shape index (κ1) is 17.5. The average molecular weight is 362 g/mol. The van der Waals surface area contributed by atoms with Crippen LogP contribution in [-0.4, -0.2) is 38.3 Å². The van der Waals surface area contributed by atoms with Crippen LogP contribution in [0.5, 0.6) is 28.7 Å². The van der Waals surface area contributed by atoms with E-state index in [-0.39, 0.29) is 35.5 Å². The molecule has 0 spiro atoms. The van der Waals surface area contributed by atoms with Gasteiger partial charge in [-0.25, -0.2) is 4.79 Å². The molecule has 0 aliphatic carbocycles. The molecule has 0 radical (unpaired) electrons. The Balaban J connectivity index is 1.94. The van der Waals surface area contributed by atoms with Crippen molar-refractivity contribution in [2.24, 2.45) is 5.92 Å². The van der Waals surface area contributed by atoms with Gasteiger partial charge in [-0.1, -0.05) is 6.07 Å². The molecule has 0 saturated heterocycles. The van der Waals surface area contributed by atoms with E-state index in [1.165, 1.54) is 24.3 Å². The maximum Gasteiger partial charge on any atom is 0.505 e. The third-order valence-corrected chi connectivity index (χ3v) is 4.36. The highest BCUT2D eigenvalue weighted by Gasteiger charge is 2.33. The molecule has 2 aromatic carbocycles. The molecule has 0 fully saturated rings. The van der Waals surface area contributed by atoms with Crippen LogP contribution >= 0.6 is 0 Å². The van der Waals surface area contributed by atoms with Gasteiger partial charge in [0, 0.05) is 23.6 Å². The Kier molecular flexibility index (Phi) is 4.66. The number of carbonyl (C=O) groups is 1. The summed E-state index contributed by atoms with van der Waals surface area (Å²) >= 11 is 0. The Morgan fingerprint density at radius 3 is 2.54 bits per heavy atom. The van der Waals surface area contributed by atoms with Crippen LogP contribution in [-0.2, 0) is 11.2 Å². The maximum absolute atomic E-state index is 10.6. The van der Waals surface area contributed by atoms with Crippen molar-refractivity contribution >= 4 is 6.16 Å². The third-order valence-electron chi connectivity index (χ3n) is 4.36. The summed E-state index contributed by atoms with van der Waals surface area (Å²) in [6, 6.07) is 6.86. The number of ether oxygens (including phenoxy) is 2. The molecule has 0 unspecified atom stereocenters. The molecule has 8 nitrogen and oxygen atoms in total. The van der Waals surface area contributed by atoms with Gasteiger partial charge in [-0.2, -0.15) is 0 Å². The Hall–Kier alpha value is -3.29. The van der Waals surface area contributed by atoms with E-state index in [4.69, 9.17) is 9.84 Å². The fourth-order valence-corrected chi connectivity index (χ4v) is 3.14. The monoisotopic (exact) mass is 362 g/mol. The molecule has 2 atom stereocenters. The zero-order valence-corrected chi connectivity index (χ0v) is 13.6. The Labute approximate surface area is 148 Å². The lowest BCUT2D eigenvalue weighted by molar-refractivity contribution is 0.0615. The number of rotatable bonds is 4. The first-order chi connectivity index (χ1) is 12.3. The molecule has 26 heavy (non-hydrogen) atoms. The van der Waals surface area contributed by atoms with Gasteiger partial charge in [0.15, 0.2) is 11.5 Å². The highest BCUT2D eigenvalue weighted by atomic mass is 16.7. The smallest absolute Gasteiger partial charge is 0.505 e. The maximum atomic E-state index is 10.6. The molecule has 0 aromatic heterocycles. The Morgan fingerprint density at radius 2 is 1.85 bits per heavy atom. The molecule has 1 aliphatic heterocycles. The van der Waals surface area contributed by atoms with Crippen molar-refractivity contribution in [3.05, 3.63) is 41.5 Å². The zero-order valence-electron chi connectivity index (χ0n) is 13.6. The van der Waals surface area contributed by atoms with Crippen LogP contribution in [0.25, 0.3) is 0 Å². The third kappa shape index (κ3) is 3.53. The van der Waals surface area contributed by atoms with Crippen molar-refractivity contribution < 1.29 is 39.8 Å². The van der Waals surface area contributed by atoms with E-state index in [2.05, 4.69) is 4.74 Å². The molecule has 1 aliphatic rings. The summed E-state index contributed by atoms with van der Waals surface area (Å²) < 4.78 is 10.5. The zero-order chi connectivity index (χ0) is 18.8. The van der Waals surface area contributed by atoms with E-state index in [1.54, 1.807) is 6.07 Å². The number of hydrogen-bond donors (Lipinski definition) is 5. The molecule has 0 saturated carbocycles. The van der Waals surface area contributed by atoms with Gasteiger partial charge < -0.3 is 35.0 Å². The topological polar surface area (TPSA) is 137 Å². The van der Waals surface area contributed by atoms with Gasteiger partial charge in [-0.05, 0) is 30.5 Å². The lowest BCUT2D eigenvalue weighted by Gasteiger charge is -2.34. The summed E-state index contributed by atoms with van der Waals surface area (Å²) in [6.07, 6.45) is -1.30. The number of carboxylic acid groups (broad SMARTS) is 1. The molecule has 1 heterocycles. The fourth-order valence-electron chi connectivity index (χ4n) is 3.14. The van der Waals surface area contributed by atoms with Crippen molar-refractivity contribution in [3.63, 3.8) is 0 Å². The van der Waals surface area contributed by atoms with Crippen LogP contribution in [0.2, 0.25) is 0 Å². The van der Waals surface area contributed by atoms with Crippen molar-refractivity contribution in [1.29, 1.82) is 0 Å². The van der Waals surface area contributed by atoms with Crippen LogP contribution in [0.1, 0.15) is 23.7 Å². The van der Waals surface area contributed by atoms with E-state index in [0.717, 1.165) is 0 Å². The molecular weight excluding hydrogens is 344 g/mol. The minimum Gasteiger partial charge on any atom is -0.508 e. The number of benzene rings is 2. The van der Waals surface area contributed by atoms with E-state index in [9.17, 15) is 25.2 Å². The molecule has 2 aromatic rings. The van der Waals surface area contributed by atoms with Gasteiger partial charge in [0.05, 0.1) is 6.61 Å². The molecule has 8 heteroatoms. The van der Waals surface area contributed by atoms with Crippen LogP contribution in [0.15, 0.2) is 30.3 Å². The summed E-state index contributed by atoms with van der Waals surface area (Å²) in [7, 11) is 0. The molecule has 3 rings (SSSR count). The summed E-state index contributed by atoms with van der Waals surface area (Å²) in [4.78, 5) is 10.6. The molecular formula is C18H18O8. The second-order valence-corrected chi connectivity index (χ2v) is 6.10. The number of hydrogen-bond acceptors (Lipinski definition) is 7. The molecule has 138 valence electrons. The Morgan fingerprint density at radius 1 is 1.08 bits per heavy atom. The van der Waals surface area contributed by atoms with Crippen molar-refractivity contribution in [3.8, 4) is 28.7 Å². The second kappa shape index (κ2) is 6.91. The van der Waals surface area contributed by atoms with Crippen molar-refractivity contribution in [2.75, 3.05) is 6.61 Å². The number of aromatic hydroxyl groups is 4. The first-order valence-corrected chi connectivity index (χ1v) is 7.94. The van der Waals surface area contributed by atoms with Crippen molar-refractivity contribution in [1.82, 2.24) is 0 Å². The van der Waals surface area contributed by atoms with Gasteiger partial charge in [0.2, 0.25) is 0 Å². The number of phenolic OH excluding ortho intramolecular Hbond substituents is 4. The van der Waals surface area contributed by atoms with Crippen LogP contribution < -0.4 is 4.74 Å². The van der Waals surface area contributed by atoms with Gasteiger partial charge in [-0.15, -0.1) is 0 Å². The summed E-state index contributed by atoms with van der Waals surface area (Å²) in [6.45, 7) is -0.0574. The minimum absolute atomic E-state index is 0.0574. The Bertz CT molecular complexity index is 832. The van der Waals surface area contributed by atoms with E-state index in [1.807, 2.05) is 0 Å². The predicted molar refractivity (Wildman–Crippen MR) is 88.7 cm³/mol. The average Bonchev–Trinajstić information content (AvgIpc) is 2.57.